The van der Waals surface area contributed by atoms with Gasteiger partial charge in [-0.3, -0.25) is 4.79 Å². The molecule has 1 aliphatic carbocycles. The number of nitrogens with one attached hydrogen (secondary N) is 1. The number of aliphatic hydroxyl groups is 1. The van der Waals surface area contributed by atoms with Gasteiger partial charge in [-0.25, -0.2) is 0 Å². The average Bonchev–Trinajstić information content (AvgIpc) is 3.26. The lowest BCUT2D eigenvalue weighted by atomic mass is 9.87. The Kier molecular flexibility index (Phi) is 5.48. The van der Waals surface area contributed by atoms with Gasteiger partial charge < -0.3 is 14.9 Å². The minimum Gasteiger partial charge on any atom is -0.396 e. The van der Waals surface area contributed by atoms with Gasteiger partial charge in [0.05, 0.1) is 12.2 Å². The number of halogens is 4. The molecule has 3 rings (SSSR count). The van der Waals surface area contributed by atoms with Crippen molar-refractivity contribution >= 4 is 17.5 Å². The number of carbonyl (C=O) groups excluding carboxylic acids is 1. The molecule has 1 aliphatic rings. The first-order chi connectivity index (χ1) is 12.8. The standard InChI is InChI=1S/C18H18ClF3N2O3/c19-13-14(16(26)23-9-17(10-25)7-1-2-8-17)24-27-15(13)11-3-5-12(6-4-11)18(20,21)22/h3-6,25H,1-2,7-10H2,(H,23,26). The lowest BCUT2D eigenvalue weighted by Gasteiger charge is -2.26. The largest absolute Gasteiger partial charge is 0.416 e. The fourth-order valence-electron chi connectivity index (χ4n) is 3.28. The van der Waals surface area contributed by atoms with E-state index in [9.17, 15) is 23.1 Å². The van der Waals surface area contributed by atoms with Crippen molar-refractivity contribution in [2.75, 3.05) is 13.2 Å². The fourth-order valence-corrected chi connectivity index (χ4v) is 3.54. The smallest absolute Gasteiger partial charge is 0.396 e. The zero-order chi connectivity index (χ0) is 19.7. The van der Waals surface area contributed by atoms with E-state index in [4.69, 9.17) is 16.1 Å². The maximum absolute atomic E-state index is 12.7. The molecular formula is C18H18ClF3N2O3. The Labute approximate surface area is 158 Å². The van der Waals surface area contributed by atoms with Crippen LogP contribution in [0, 0.1) is 5.41 Å². The third kappa shape index (κ3) is 4.11. The Balaban J connectivity index is 1.74. The zero-order valence-electron chi connectivity index (χ0n) is 14.3. The number of hydrogen-bond acceptors (Lipinski definition) is 4. The summed E-state index contributed by atoms with van der Waals surface area (Å²) < 4.78 is 43.0. The van der Waals surface area contributed by atoms with Crippen LogP contribution in [0.2, 0.25) is 5.02 Å². The third-order valence-electron chi connectivity index (χ3n) is 4.95. The van der Waals surface area contributed by atoms with Crippen molar-refractivity contribution in [2.24, 2.45) is 5.41 Å². The van der Waals surface area contributed by atoms with Gasteiger partial charge in [-0.1, -0.05) is 41.7 Å². The van der Waals surface area contributed by atoms with Crippen LogP contribution in [0.15, 0.2) is 28.8 Å². The summed E-state index contributed by atoms with van der Waals surface area (Å²) in [5.74, 6) is -0.532. The SMILES string of the molecule is O=C(NCC1(CO)CCCC1)c1noc(-c2ccc(C(F)(F)F)cc2)c1Cl. The van der Waals surface area contributed by atoms with Crippen molar-refractivity contribution in [1.29, 1.82) is 0 Å². The highest BCUT2D eigenvalue weighted by atomic mass is 35.5. The number of nitrogens with zero attached hydrogens (tertiary/aromatic N) is 1. The summed E-state index contributed by atoms with van der Waals surface area (Å²) in [6.45, 7) is 0.276. The molecule has 0 saturated heterocycles. The van der Waals surface area contributed by atoms with E-state index in [-0.39, 0.29) is 34.1 Å². The minimum atomic E-state index is -4.45. The second-order valence-corrected chi connectivity index (χ2v) is 7.18. The Morgan fingerprint density at radius 1 is 1.26 bits per heavy atom. The van der Waals surface area contributed by atoms with Gasteiger partial charge in [-0.05, 0) is 25.0 Å². The summed E-state index contributed by atoms with van der Waals surface area (Å²) in [5.41, 5.74) is -0.993. The van der Waals surface area contributed by atoms with Crippen LogP contribution >= 0.6 is 11.6 Å². The summed E-state index contributed by atoms with van der Waals surface area (Å²) in [5, 5.41) is 15.9. The highest BCUT2D eigenvalue weighted by Crippen LogP contribution is 2.37. The van der Waals surface area contributed by atoms with Crippen molar-refractivity contribution in [1.82, 2.24) is 10.5 Å². The third-order valence-corrected chi connectivity index (χ3v) is 5.30. The van der Waals surface area contributed by atoms with Gasteiger partial charge in [-0.2, -0.15) is 13.2 Å². The fraction of sp³-hybridized carbons (Fsp3) is 0.444. The molecule has 1 saturated carbocycles. The molecule has 1 aromatic heterocycles. The number of rotatable bonds is 5. The van der Waals surface area contributed by atoms with Crippen molar-refractivity contribution < 1.29 is 27.6 Å². The molecule has 9 heteroatoms. The lowest BCUT2D eigenvalue weighted by molar-refractivity contribution is -0.137. The van der Waals surface area contributed by atoms with Gasteiger partial charge >= 0.3 is 6.18 Å². The van der Waals surface area contributed by atoms with Gasteiger partial charge in [0.15, 0.2) is 11.5 Å². The average molecular weight is 403 g/mol. The molecule has 0 bridgehead atoms. The van der Waals surface area contributed by atoms with Crippen LogP contribution < -0.4 is 5.32 Å². The van der Waals surface area contributed by atoms with Crippen molar-refractivity contribution in [3.05, 3.63) is 40.5 Å². The van der Waals surface area contributed by atoms with Gasteiger partial charge in [0.25, 0.3) is 5.91 Å². The van der Waals surface area contributed by atoms with Crippen molar-refractivity contribution in [3.63, 3.8) is 0 Å². The molecule has 0 radical (unpaired) electrons. The number of amides is 1. The Morgan fingerprint density at radius 3 is 2.44 bits per heavy atom. The molecule has 146 valence electrons. The molecule has 1 fully saturated rings. The quantitative estimate of drug-likeness (QED) is 0.782. The molecule has 2 aromatic rings. The Bertz CT molecular complexity index is 812. The number of aliphatic hydroxyl groups excluding tert-OH is 1. The summed E-state index contributed by atoms with van der Waals surface area (Å²) in [6.07, 6.45) is -0.795. The molecule has 2 N–H and O–H groups in total. The molecule has 1 amide bonds. The van der Waals surface area contributed by atoms with E-state index < -0.39 is 17.6 Å². The Morgan fingerprint density at radius 2 is 1.89 bits per heavy atom. The molecule has 0 spiro atoms. The first-order valence-corrected chi connectivity index (χ1v) is 8.85. The molecule has 1 heterocycles. The van der Waals surface area contributed by atoms with E-state index in [1.165, 1.54) is 12.1 Å². The van der Waals surface area contributed by atoms with E-state index in [1.54, 1.807) is 0 Å². The predicted octanol–water partition coefficient (Wildman–Crippen LogP) is 4.30. The highest BCUT2D eigenvalue weighted by Gasteiger charge is 2.34. The van der Waals surface area contributed by atoms with Crippen LogP contribution in [-0.2, 0) is 6.18 Å². The van der Waals surface area contributed by atoms with Gasteiger partial charge in [0.2, 0.25) is 0 Å². The summed E-state index contributed by atoms with van der Waals surface area (Å²) in [4.78, 5) is 12.4. The molecule has 0 atom stereocenters. The zero-order valence-corrected chi connectivity index (χ0v) is 15.0. The number of carbonyl (C=O) groups is 1. The van der Waals surface area contributed by atoms with Crippen LogP contribution in [0.3, 0.4) is 0 Å². The maximum atomic E-state index is 12.7. The first-order valence-electron chi connectivity index (χ1n) is 8.48. The number of hydrogen-bond donors (Lipinski definition) is 2. The van der Waals surface area contributed by atoms with Gasteiger partial charge in [0.1, 0.15) is 5.02 Å². The van der Waals surface area contributed by atoms with E-state index in [0.29, 0.717) is 6.54 Å². The van der Waals surface area contributed by atoms with Crippen molar-refractivity contribution in [2.45, 2.75) is 31.9 Å². The molecule has 27 heavy (non-hydrogen) atoms. The molecule has 5 nitrogen and oxygen atoms in total. The van der Waals surface area contributed by atoms with E-state index in [1.807, 2.05) is 0 Å². The summed E-state index contributed by atoms with van der Waals surface area (Å²) in [7, 11) is 0. The topological polar surface area (TPSA) is 75.4 Å². The van der Waals surface area contributed by atoms with Crippen molar-refractivity contribution in [3.8, 4) is 11.3 Å². The van der Waals surface area contributed by atoms with Crippen LogP contribution in [0.5, 0.6) is 0 Å². The molecule has 1 aromatic carbocycles. The van der Waals surface area contributed by atoms with Crippen LogP contribution in [-0.4, -0.2) is 29.3 Å². The second-order valence-electron chi connectivity index (χ2n) is 6.80. The molecule has 0 unspecified atom stereocenters. The van der Waals surface area contributed by atoms with E-state index in [0.717, 1.165) is 37.8 Å². The first kappa shape index (κ1) is 19.7. The minimum absolute atomic E-state index is 0.0172. The monoisotopic (exact) mass is 402 g/mol. The predicted molar refractivity (Wildman–Crippen MR) is 92.3 cm³/mol. The highest BCUT2D eigenvalue weighted by molar-refractivity contribution is 6.35. The van der Waals surface area contributed by atoms with Gasteiger partial charge in [-0.15, -0.1) is 0 Å². The molecular weight excluding hydrogens is 385 g/mol. The second kappa shape index (κ2) is 7.52. The van der Waals surface area contributed by atoms with Gasteiger partial charge in [0, 0.05) is 17.5 Å². The van der Waals surface area contributed by atoms with Crippen LogP contribution in [0.1, 0.15) is 41.7 Å². The summed E-state index contributed by atoms with van der Waals surface area (Å²) >= 11 is 6.16. The van der Waals surface area contributed by atoms with Crippen LogP contribution in [0.25, 0.3) is 11.3 Å². The number of benzene rings is 1. The maximum Gasteiger partial charge on any atom is 0.416 e. The number of aromatic nitrogens is 1. The molecule has 0 aliphatic heterocycles. The van der Waals surface area contributed by atoms with Crippen LogP contribution in [0.4, 0.5) is 13.2 Å². The Hall–Kier alpha value is -2.06. The van der Waals surface area contributed by atoms with E-state index >= 15 is 0 Å². The lowest BCUT2D eigenvalue weighted by Crippen LogP contribution is -2.38. The summed E-state index contributed by atoms with van der Waals surface area (Å²) in [6, 6.07) is 4.21. The van der Waals surface area contributed by atoms with E-state index in [2.05, 4.69) is 10.5 Å². The normalized spacial score (nSPS) is 16.5. The number of alkyl halides is 3.